The van der Waals surface area contributed by atoms with Crippen LogP contribution in [-0.2, 0) is 24.8 Å². The van der Waals surface area contributed by atoms with E-state index in [2.05, 4.69) is 10.0 Å². The molecule has 3 aromatic rings. The van der Waals surface area contributed by atoms with Crippen molar-refractivity contribution in [1.29, 1.82) is 0 Å². The number of hydrogen-bond donors (Lipinski definition) is 3. The van der Waals surface area contributed by atoms with Crippen molar-refractivity contribution >= 4 is 49.1 Å². The minimum absolute atomic E-state index is 0.0390. The van der Waals surface area contributed by atoms with Gasteiger partial charge in [0.2, 0.25) is 15.9 Å². The molecule has 0 aromatic heterocycles. The molecular formula is C20H19N3O5S3. The van der Waals surface area contributed by atoms with Crippen molar-refractivity contribution < 1.29 is 21.6 Å². The van der Waals surface area contributed by atoms with Gasteiger partial charge in [0.1, 0.15) is 0 Å². The van der Waals surface area contributed by atoms with Gasteiger partial charge in [-0.15, -0.1) is 11.8 Å². The number of hydrogen-bond acceptors (Lipinski definition) is 6. The number of thioether (sulfide) groups is 1. The maximum Gasteiger partial charge on any atom is 0.261 e. The molecule has 0 aliphatic carbocycles. The van der Waals surface area contributed by atoms with Crippen LogP contribution in [0.5, 0.6) is 0 Å². The Bertz CT molecular complexity index is 1260. The van der Waals surface area contributed by atoms with Gasteiger partial charge in [-0.1, -0.05) is 18.2 Å². The summed E-state index contributed by atoms with van der Waals surface area (Å²) in [6.07, 6.45) is 0. The van der Waals surface area contributed by atoms with Crippen LogP contribution in [0.25, 0.3) is 0 Å². The zero-order valence-electron chi connectivity index (χ0n) is 16.1. The van der Waals surface area contributed by atoms with Crippen LogP contribution >= 0.6 is 11.8 Å². The van der Waals surface area contributed by atoms with Crippen LogP contribution in [0.4, 0.5) is 11.4 Å². The highest BCUT2D eigenvalue weighted by Crippen LogP contribution is 2.22. The first kappa shape index (κ1) is 22.8. The topological polar surface area (TPSA) is 135 Å². The van der Waals surface area contributed by atoms with E-state index in [1.54, 1.807) is 42.5 Å². The summed E-state index contributed by atoms with van der Waals surface area (Å²) in [5, 5.41) is 7.70. The lowest BCUT2D eigenvalue weighted by atomic mass is 10.3. The van der Waals surface area contributed by atoms with Crippen LogP contribution in [0.1, 0.15) is 0 Å². The first-order chi connectivity index (χ1) is 14.6. The number of nitrogens with one attached hydrogen (secondary N) is 2. The Morgan fingerprint density at radius 1 is 0.774 bits per heavy atom. The van der Waals surface area contributed by atoms with Crippen LogP contribution in [-0.4, -0.2) is 28.5 Å². The van der Waals surface area contributed by atoms with E-state index in [9.17, 15) is 21.6 Å². The van der Waals surface area contributed by atoms with Crippen molar-refractivity contribution in [2.75, 3.05) is 15.8 Å². The minimum atomic E-state index is -3.78. The first-order valence-corrected chi connectivity index (χ1v) is 12.9. The zero-order chi connectivity index (χ0) is 22.5. The number of primary sulfonamides is 1. The molecule has 0 bridgehead atoms. The number of anilines is 2. The van der Waals surface area contributed by atoms with E-state index in [4.69, 9.17) is 5.14 Å². The monoisotopic (exact) mass is 477 g/mol. The number of carbonyl (C=O) groups is 1. The Morgan fingerprint density at radius 2 is 1.35 bits per heavy atom. The fourth-order valence-electron chi connectivity index (χ4n) is 2.51. The molecule has 0 aliphatic rings. The fraction of sp³-hybridized carbons (Fsp3) is 0.0500. The Morgan fingerprint density at radius 3 is 1.94 bits per heavy atom. The first-order valence-electron chi connectivity index (χ1n) is 8.87. The second-order valence-corrected chi connectivity index (χ2v) is 10.6. The molecule has 0 spiro atoms. The van der Waals surface area contributed by atoms with Crippen LogP contribution in [0.2, 0.25) is 0 Å². The highest BCUT2D eigenvalue weighted by Gasteiger charge is 2.13. The van der Waals surface area contributed by atoms with E-state index in [-0.39, 0.29) is 21.5 Å². The van der Waals surface area contributed by atoms with Gasteiger partial charge in [-0.05, 0) is 60.7 Å². The second-order valence-electron chi connectivity index (χ2n) is 6.35. The van der Waals surface area contributed by atoms with Crippen molar-refractivity contribution in [1.82, 2.24) is 0 Å². The number of carbonyl (C=O) groups excluding carboxylic acids is 1. The normalized spacial score (nSPS) is 11.6. The SMILES string of the molecule is NS(=O)(=O)c1ccc(NC(=O)CSc2ccc(NS(=O)(=O)c3ccccc3)cc2)cc1. The third-order valence-corrected chi connectivity index (χ3v) is 7.34. The molecule has 0 fully saturated rings. The van der Waals surface area contributed by atoms with E-state index in [0.717, 1.165) is 4.90 Å². The van der Waals surface area contributed by atoms with Gasteiger partial charge >= 0.3 is 0 Å². The fourth-order valence-corrected chi connectivity index (χ4v) is 4.80. The van der Waals surface area contributed by atoms with Gasteiger partial charge in [0.25, 0.3) is 10.0 Å². The zero-order valence-corrected chi connectivity index (χ0v) is 18.5. The largest absolute Gasteiger partial charge is 0.325 e. The summed E-state index contributed by atoms with van der Waals surface area (Å²) in [5.74, 6) is -0.159. The lowest BCUT2D eigenvalue weighted by Gasteiger charge is -2.09. The Kier molecular flexibility index (Phi) is 7.01. The van der Waals surface area contributed by atoms with Crippen molar-refractivity contribution in [3.05, 3.63) is 78.9 Å². The molecule has 0 saturated heterocycles. The molecule has 1 amide bonds. The van der Waals surface area contributed by atoms with E-state index < -0.39 is 20.0 Å². The van der Waals surface area contributed by atoms with Gasteiger partial charge in [0, 0.05) is 16.3 Å². The highest BCUT2D eigenvalue weighted by atomic mass is 32.2. The standard InChI is InChI=1S/C20H19N3O5S3/c21-30(25,26)18-12-8-15(9-13-18)22-20(24)14-29-17-10-6-16(7-11-17)23-31(27,28)19-4-2-1-3-5-19/h1-13,23H,14H2,(H,22,24)(H2,21,25,26). The Balaban J connectivity index is 1.54. The minimum Gasteiger partial charge on any atom is -0.325 e. The van der Waals surface area contributed by atoms with Gasteiger partial charge in [-0.2, -0.15) is 0 Å². The molecule has 0 saturated carbocycles. The third kappa shape index (κ3) is 6.56. The molecule has 0 unspecified atom stereocenters. The summed E-state index contributed by atoms with van der Waals surface area (Å²) in [7, 11) is -7.45. The van der Waals surface area contributed by atoms with Gasteiger partial charge in [0.05, 0.1) is 15.5 Å². The molecule has 8 nitrogen and oxygen atoms in total. The maximum absolute atomic E-state index is 12.3. The summed E-state index contributed by atoms with van der Waals surface area (Å²) in [6.45, 7) is 0. The molecule has 0 radical (unpaired) electrons. The predicted molar refractivity (Wildman–Crippen MR) is 121 cm³/mol. The van der Waals surface area contributed by atoms with E-state index in [1.807, 2.05) is 0 Å². The average molecular weight is 478 g/mol. The molecule has 31 heavy (non-hydrogen) atoms. The lowest BCUT2D eigenvalue weighted by Crippen LogP contribution is -2.15. The molecule has 0 atom stereocenters. The third-order valence-electron chi connectivity index (χ3n) is 4.00. The average Bonchev–Trinajstić information content (AvgIpc) is 2.73. The molecular weight excluding hydrogens is 458 g/mol. The maximum atomic E-state index is 12.3. The summed E-state index contributed by atoms with van der Waals surface area (Å²) in [6, 6.07) is 20.2. The molecule has 3 aromatic carbocycles. The van der Waals surface area contributed by atoms with Crippen LogP contribution in [0, 0.1) is 0 Å². The number of sulfonamides is 2. The summed E-state index contributed by atoms with van der Waals surface area (Å²) < 4.78 is 49.7. The van der Waals surface area contributed by atoms with Gasteiger partial charge < -0.3 is 5.32 Å². The van der Waals surface area contributed by atoms with Crippen LogP contribution in [0.3, 0.4) is 0 Å². The smallest absolute Gasteiger partial charge is 0.261 e. The van der Waals surface area contributed by atoms with Crippen molar-refractivity contribution in [3.63, 3.8) is 0 Å². The lowest BCUT2D eigenvalue weighted by molar-refractivity contribution is -0.113. The molecule has 0 heterocycles. The second kappa shape index (κ2) is 9.52. The molecule has 11 heteroatoms. The van der Waals surface area contributed by atoms with Gasteiger partial charge in [-0.3, -0.25) is 9.52 Å². The summed E-state index contributed by atoms with van der Waals surface area (Å²) in [5.41, 5.74) is 0.858. The molecule has 162 valence electrons. The number of nitrogens with two attached hydrogens (primary N) is 1. The summed E-state index contributed by atoms with van der Waals surface area (Å²) in [4.78, 5) is 13.0. The van der Waals surface area contributed by atoms with Gasteiger partial charge in [0.15, 0.2) is 0 Å². The van der Waals surface area contributed by atoms with E-state index in [1.165, 1.54) is 48.2 Å². The van der Waals surface area contributed by atoms with Crippen molar-refractivity contribution in [2.45, 2.75) is 14.7 Å². The molecule has 3 rings (SSSR count). The number of amides is 1. The van der Waals surface area contributed by atoms with Crippen molar-refractivity contribution in [3.8, 4) is 0 Å². The number of rotatable bonds is 8. The van der Waals surface area contributed by atoms with Crippen LogP contribution in [0.15, 0.2) is 93.5 Å². The Hall–Kier alpha value is -2.86. The van der Waals surface area contributed by atoms with Gasteiger partial charge in [-0.25, -0.2) is 22.0 Å². The molecule has 0 aliphatic heterocycles. The quantitative estimate of drug-likeness (QED) is 0.427. The van der Waals surface area contributed by atoms with Crippen molar-refractivity contribution in [2.24, 2.45) is 5.14 Å². The highest BCUT2D eigenvalue weighted by molar-refractivity contribution is 8.00. The molecule has 4 N–H and O–H groups in total. The van der Waals surface area contributed by atoms with E-state index >= 15 is 0 Å². The number of benzene rings is 3. The summed E-state index contributed by atoms with van der Waals surface area (Å²) >= 11 is 1.27. The predicted octanol–water partition coefficient (Wildman–Crippen LogP) is 2.87. The van der Waals surface area contributed by atoms with E-state index in [0.29, 0.717) is 11.4 Å². The Labute approximate surface area is 185 Å². The van der Waals surface area contributed by atoms with Crippen LogP contribution < -0.4 is 15.2 Å².